The quantitative estimate of drug-likeness (QED) is 0.820. The van der Waals surface area contributed by atoms with Crippen LogP contribution in [0.2, 0.25) is 0 Å². The number of nitrogens with one attached hydrogen (secondary N) is 1. The second kappa shape index (κ2) is 5.90. The van der Waals surface area contributed by atoms with Crippen LogP contribution in [-0.2, 0) is 14.8 Å². The normalized spacial score (nSPS) is 20.6. The van der Waals surface area contributed by atoms with E-state index in [9.17, 15) is 13.2 Å². The predicted molar refractivity (Wildman–Crippen MR) is 74.0 cm³/mol. The Morgan fingerprint density at radius 3 is 2.85 bits per heavy atom. The average molecular weight is 298 g/mol. The molecule has 110 valence electrons. The summed E-state index contributed by atoms with van der Waals surface area (Å²) in [7, 11) is -2.31. The van der Waals surface area contributed by atoms with Crippen LogP contribution >= 0.6 is 0 Å². The van der Waals surface area contributed by atoms with Crippen molar-refractivity contribution in [3.63, 3.8) is 0 Å². The number of nitrogens with zero attached hydrogens (tertiary/aromatic N) is 1. The molecule has 1 aliphatic heterocycles. The number of methoxy groups -OCH3 is 1. The smallest absolute Gasteiger partial charge is 0.337 e. The summed E-state index contributed by atoms with van der Waals surface area (Å²) in [6.45, 7) is 3.41. The molecule has 7 heteroatoms. The van der Waals surface area contributed by atoms with Crippen molar-refractivity contribution in [3.05, 3.63) is 29.8 Å². The molecule has 1 N–H and O–H groups in total. The van der Waals surface area contributed by atoms with Gasteiger partial charge in [0, 0.05) is 25.7 Å². The maximum atomic E-state index is 12.5. The molecule has 6 nitrogen and oxygen atoms in total. The van der Waals surface area contributed by atoms with E-state index < -0.39 is 16.0 Å². The number of benzene rings is 1. The summed E-state index contributed by atoms with van der Waals surface area (Å²) in [6, 6.07) is 6.04. The van der Waals surface area contributed by atoms with Gasteiger partial charge in [-0.25, -0.2) is 13.2 Å². The van der Waals surface area contributed by atoms with Gasteiger partial charge in [-0.1, -0.05) is 6.07 Å². The molecule has 0 unspecified atom stereocenters. The molecule has 0 radical (unpaired) electrons. The van der Waals surface area contributed by atoms with Crippen molar-refractivity contribution in [2.24, 2.45) is 0 Å². The minimum absolute atomic E-state index is 0.113. The van der Waals surface area contributed by atoms with Crippen LogP contribution in [0.1, 0.15) is 17.3 Å². The highest BCUT2D eigenvalue weighted by molar-refractivity contribution is 7.89. The van der Waals surface area contributed by atoms with Crippen LogP contribution < -0.4 is 5.32 Å². The summed E-state index contributed by atoms with van der Waals surface area (Å²) >= 11 is 0. The molecule has 1 saturated heterocycles. The Labute approximate surface area is 118 Å². The van der Waals surface area contributed by atoms with Crippen molar-refractivity contribution in [3.8, 4) is 0 Å². The molecule has 20 heavy (non-hydrogen) atoms. The second-order valence-electron chi connectivity index (χ2n) is 4.74. The Hall–Kier alpha value is -1.44. The molecule has 1 aromatic rings. The molecule has 0 aliphatic carbocycles. The van der Waals surface area contributed by atoms with Gasteiger partial charge >= 0.3 is 5.97 Å². The van der Waals surface area contributed by atoms with E-state index in [1.54, 1.807) is 6.07 Å². The van der Waals surface area contributed by atoms with E-state index in [1.807, 2.05) is 6.92 Å². The molecular weight excluding hydrogens is 280 g/mol. The van der Waals surface area contributed by atoms with Gasteiger partial charge in [0.15, 0.2) is 0 Å². The molecule has 0 amide bonds. The fourth-order valence-corrected chi connectivity index (χ4v) is 3.74. The first kappa shape index (κ1) is 15.0. The summed E-state index contributed by atoms with van der Waals surface area (Å²) in [6.07, 6.45) is 0. The topological polar surface area (TPSA) is 75.7 Å². The highest BCUT2D eigenvalue weighted by atomic mass is 32.2. The van der Waals surface area contributed by atoms with Gasteiger partial charge in [0.1, 0.15) is 0 Å². The lowest BCUT2D eigenvalue weighted by atomic mass is 10.2. The Kier molecular flexibility index (Phi) is 4.42. The number of carbonyl (C=O) groups excluding carboxylic acids is 1. The summed E-state index contributed by atoms with van der Waals surface area (Å²) in [5.74, 6) is -0.546. The van der Waals surface area contributed by atoms with E-state index in [2.05, 4.69) is 10.1 Å². The first-order valence-corrected chi connectivity index (χ1v) is 7.81. The molecule has 0 saturated carbocycles. The van der Waals surface area contributed by atoms with E-state index in [0.717, 1.165) is 0 Å². The molecule has 1 aromatic carbocycles. The molecule has 0 spiro atoms. The molecule has 0 bridgehead atoms. The fourth-order valence-electron chi connectivity index (χ4n) is 2.17. The Morgan fingerprint density at radius 2 is 2.20 bits per heavy atom. The number of ether oxygens (including phenoxy) is 1. The van der Waals surface area contributed by atoms with Crippen LogP contribution in [0.4, 0.5) is 0 Å². The summed E-state index contributed by atoms with van der Waals surface area (Å²) in [5.41, 5.74) is 0.233. The summed E-state index contributed by atoms with van der Waals surface area (Å²) in [4.78, 5) is 11.6. The standard InChI is InChI=1S/C13H18N2O4S/c1-10-9-15(7-6-14-10)20(17,18)12-5-3-4-11(8-12)13(16)19-2/h3-5,8,10,14H,6-7,9H2,1-2H3/t10-/m1/s1. The summed E-state index contributed by atoms with van der Waals surface area (Å²) < 4.78 is 31.1. The summed E-state index contributed by atoms with van der Waals surface area (Å²) in [5, 5.41) is 3.19. The zero-order valence-electron chi connectivity index (χ0n) is 11.5. The van der Waals surface area contributed by atoms with Crippen LogP contribution in [-0.4, -0.2) is 51.5 Å². The first-order valence-electron chi connectivity index (χ1n) is 6.37. The number of hydrogen-bond acceptors (Lipinski definition) is 5. The van der Waals surface area contributed by atoms with E-state index in [-0.39, 0.29) is 16.5 Å². The third-order valence-corrected chi connectivity index (χ3v) is 5.09. The fraction of sp³-hybridized carbons (Fsp3) is 0.462. The Balaban J connectivity index is 2.32. The molecular formula is C13H18N2O4S. The number of piperazine rings is 1. The maximum Gasteiger partial charge on any atom is 0.337 e. The third-order valence-electron chi connectivity index (χ3n) is 3.22. The molecule has 2 rings (SSSR count). The van der Waals surface area contributed by atoms with Gasteiger partial charge in [-0.15, -0.1) is 0 Å². The van der Waals surface area contributed by atoms with E-state index in [4.69, 9.17) is 0 Å². The maximum absolute atomic E-state index is 12.5. The molecule has 1 atom stereocenters. The van der Waals surface area contributed by atoms with Gasteiger partial charge in [0.05, 0.1) is 17.6 Å². The molecule has 1 aliphatic rings. The number of esters is 1. The van der Waals surface area contributed by atoms with Gasteiger partial charge < -0.3 is 10.1 Å². The molecule has 1 fully saturated rings. The van der Waals surface area contributed by atoms with Gasteiger partial charge in [-0.05, 0) is 25.1 Å². The highest BCUT2D eigenvalue weighted by Crippen LogP contribution is 2.19. The minimum Gasteiger partial charge on any atom is -0.465 e. The zero-order chi connectivity index (χ0) is 14.8. The number of hydrogen-bond donors (Lipinski definition) is 1. The van der Waals surface area contributed by atoms with Crippen molar-refractivity contribution >= 4 is 16.0 Å². The average Bonchev–Trinajstić information content (AvgIpc) is 2.46. The van der Waals surface area contributed by atoms with Gasteiger partial charge in [-0.3, -0.25) is 0 Å². The minimum atomic E-state index is -3.57. The number of rotatable bonds is 3. The van der Waals surface area contributed by atoms with Crippen LogP contribution in [0, 0.1) is 0 Å². The zero-order valence-corrected chi connectivity index (χ0v) is 12.3. The lowest BCUT2D eigenvalue weighted by Gasteiger charge is -2.31. The van der Waals surface area contributed by atoms with E-state index in [0.29, 0.717) is 19.6 Å². The van der Waals surface area contributed by atoms with Crippen LogP contribution in [0.5, 0.6) is 0 Å². The molecule has 0 aromatic heterocycles. The first-order chi connectivity index (χ1) is 9.45. The van der Waals surface area contributed by atoms with Crippen LogP contribution in [0.15, 0.2) is 29.2 Å². The Bertz CT molecular complexity index is 600. The Morgan fingerprint density at radius 1 is 1.45 bits per heavy atom. The van der Waals surface area contributed by atoms with Crippen LogP contribution in [0.3, 0.4) is 0 Å². The van der Waals surface area contributed by atoms with E-state index >= 15 is 0 Å². The van der Waals surface area contributed by atoms with Crippen molar-refractivity contribution in [1.29, 1.82) is 0 Å². The monoisotopic (exact) mass is 298 g/mol. The largest absolute Gasteiger partial charge is 0.465 e. The van der Waals surface area contributed by atoms with Crippen molar-refractivity contribution in [2.75, 3.05) is 26.7 Å². The van der Waals surface area contributed by atoms with Crippen molar-refractivity contribution in [1.82, 2.24) is 9.62 Å². The van der Waals surface area contributed by atoms with Crippen molar-refractivity contribution in [2.45, 2.75) is 17.9 Å². The van der Waals surface area contributed by atoms with Gasteiger partial charge in [0.2, 0.25) is 10.0 Å². The number of sulfonamides is 1. The van der Waals surface area contributed by atoms with Crippen molar-refractivity contribution < 1.29 is 17.9 Å². The lowest BCUT2D eigenvalue weighted by molar-refractivity contribution is 0.0600. The van der Waals surface area contributed by atoms with Gasteiger partial charge in [-0.2, -0.15) is 4.31 Å². The van der Waals surface area contributed by atoms with Crippen LogP contribution in [0.25, 0.3) is 0 Å². The number of carbonyl (C=O) groups is 1. The molecule has 1 heterocycles. The second-order valence-corrected chi connectivity index (χ2v) is 6.68. The van der Waals surface area contributed by atoms with E-state index in [1.165, 1.54) is 29.6 Å². The SMILES string of the molecule is COC(=O)c1cccc(S(=O)(=O)N2CCN[C@H](C)C2)c1. The predicted octanol–water partition coefficient (Wildman–Crippen LogP) is 0.456. The lowest BCUT2D eigenvalue weighted by Crippen LogP contribution is -2.51. The highest BCUT2D eigenvalue weighted by Gasteiger charge is 2.28. The van der Waals surface area contributed by atoms with Gasteiger partial charge in [0.25, 0.3) is 0 Å². The third kappa shape index (κ3) is 3.00.